The molecular formula is C6H16Cl2N2O2S. The number of sulfone groups is 1. The predicted octanol–water partition coefficient (Wildman–Crippen LogP) is 0.0833. The fourth-order valence-corrected chi connectivity index (χ4v) is 2.93. The highest BCUT2D eigenvalue weighted by Gasteiger charge is 2.27. The lowest BCUT2D eigenvalue weighted by molar-refractivity contribution is 0.252. The lowest BCUT2D eigenvalue weighted by atomic mass is 10.3. The number of hydrazine groups is 1. The van der Waals surface area contributed by atoms with E-state index >= 15 is 0 Å². The Balaban J connectivity index is 0. The molecule has 1 rings (SSSR count). The van der Waals surface area contributed by atoms with E-state index in [0.29, 0.717) is 5.75 Å². The maximum absolute atomic E-state index is 11.0. The molecule has 7 heteroatoms. The quantitative estimate of drug-likeness (QED) is 0.706. The molecular weight excluding hydrogens is 235 g/mol. The van der Waals surface area contributed by atoms with Crippen LogP contribution < -0.4 is 5.43 Å². The van der Waals surface area contributed by atoms with E-state index in [9.17, 15) is 8.42 Å². The Morgan fingerprint density at radius 3 is 2.15 bits per heavy atom. The summed E-state index contributed by atoms with van der Waals surface area (Å²) in [5.41, 5.74) is 3.05. The Hall–Kier alpha value is 0.450. The molecule has 0 amide bonds. The summed E-state index contributed by atoms with van der Waals surface area (Å²) in [5, 5.41) is 1.80. The molecule has 0 aliphatic carbocycles. The second-order valence-corrected chi connectivity index (χ2v) is 5.35. The summed E-state index contributed by atoms with van der Waals surface area (Å²) in [6.45, 7) is 0. The molecule has 0 bridgehead atoms. The van der Waals surface area contributed by atoms with E-state index < -0.39 is 9.84 Å². The standard InChI is InChI=1S/C6H14N2O2S.2ClH/c1-8(2)7-6-3-4-11(9,10)5-6;;/h6-7H,3-5H2,1-2H3;2*1H. The van der Waals surface area contributed by atoms with E-state index in [1.807, 2.05) is 14.1 Å². The molecule has 1 unspecified atom stereocenters. The second-order valence-electron chi connectivity index (χ2n) is 3.12. The molecule has 13 heavy (non-hydrogen) atoms. The zero-order chi connectivity index (χ0) is 8.48. The third-order valence-corrected chi connectivity index (χ3v) is 3.44. The van der Waals surface area contributed by atoms with Crippen molar-refractivity contribution in [1.82, 2.24) is 10.4 Å². The molecule has 1 saturated heterocycles. The van der Waals surface area contributed by atoms with E-state index in [1.165, 1.54) is 0 Å². The minimum Gasteiger partial charge on any atom is -0.252 e. The van der Waals surface area contributed by atoms with Gasteiger partial charge in [-0.3, -0.25) is 10.4 Å². The van der Waals surface area contributed by atoms with Gasteiger partial charge in [0.1, 0.15) is 0 Å². The topological polar surface area (TPSA) is 49.4 Å². The molecule has 0 aromatic heterocycles. The summed E-state index contributed by atoms with van der Waals surface area (Å²) in [4.78, 5) is 0. The molecule has 0 aromatic rings. The maximum atomic E-state index is 11.0. The average molecular weight is 251 g/mol. The zero-order valence-electron chi connectivity index (χ0n) is 7.69. The SMILES string of the molecule is CN(C)NC1CCS(=O)(=O)C1.Cl.Cl. The summed E-state index contributed by atoms with van der Waals surface area (Å²) < 4.78 is 21.9. The van der Waals surface area contributed by atoms with E-state index in [0.717, 1.165) is 6.42 Å². The first-order valence-electron chi connectivity index (χ1n) is 3.63. The monoisotopic (exact) mass is 250 g/mol. The average Bonchev–Trinajstić information content (AvgIpc) is 2.08. The van der Waals surface area contributed by atoms with Gasteiger partial charge in [0.25, 0.3) is 0 Å². The largest absolute Gasteiger partial charge is 0.252 e. The zero-order valence-corrected chi connectivity index (χ0v) is 10.1. The van der Waals surface area contributed by atoms with Crippen molar-refractivity contribution in [1.29, 1.82) is 0 Å². The summed E-state index contributed by atoms with van der Waals surface area (Å²) in [5.74, 6) is 0.615. The maximum Gasteiger partial charge on any atom is 0.151 e. The first-order chi connectivity index (χ1) is 4.99. The first kappa shape index (κ1) is 15.9. The molecule has 1 atom stereocenters. The van der Waals surface area contributed by atoms with Gasteiger partial charge in [0, 0.05) is 20.1 Å². The molecule has 1 N–H and O–H groups in total. The smallest absolute Gasteiger partial charge is 0.151 e. The van der Waals surface area contributed by atoms with Crippen molar-refractivity contribution in [2.75, 3.05) is 25.6 Å². The van der Waals surface area contributed by atoms with Crippen LogP contribution in [0.15, 0.2) is 0 Å². The van der Waals surface area contributed by atoms with E-state index in [-0.39, 0.29) is 36.6 Å². The van der Waals surface area contributed by atoms with E-state index in [2.05, 4.69) is 5.43 Å². The van der Waals surface area contributed by atoms with Gasteiger partial charge in [0.05, 0.1) is 11.5 Å². The highest BCUT2D eigenvalue weighted by atomic mass is 35.5. The van der Waals surface area contributed by atoms with Gasteiger partial charge >= 0.3 is 0 Å². The summed E-state index contributed by atoms with van der Waals surface area (Å²) in [6.07, 6.45) is 0.737. The Labute approximate surface area is 91.8 Å². The number of hydrogen-bond donors (Lipinski definition) is 1. The van der Waals surface area contributed by atoms with Crippen molar-refractivity contribution < 1.29 is 8.42 Å². The number of nitrogens with zero attached hydrogens (tertiary/aromatic N) is 1. The number of halogens is 2. The molecule has 0 aromatic carbocycles. The van der Waals surface area contributed by atoms with Gasteiger partial charge in [-0.15, -0.1) is 24.8 Å². The Kier molecular flexibility index (Phi) is 7.38. The van der Waals surface area contributed by atoms with Crippen LogP contribution in [0.1, 0.15) is 6.42 Å². The molecule has 4 nitrogen and oxygen atoms in total. The van der Waals surface area contributed by atoms with Gasteiger partial charge in [0.15, 0.2) is 9.84 Å². The van der Waals surface area contributed by atoms with Gasteiger partial charge < -0.3 is 0 Å². The van der Waals surface area contributed by atoms with Crippen LogP contribution in [0.25, 0.3) is 0 Å². The lowest BCUT2D eigenvalue weighted by Crippen LogP contribution is -2.40. The third-order valence-electron chi connectivity index (χ3n) is 1.67. The van der Waals surface area contributed by atoms with Crippen LogP contribution in [-0.4, -0.2) is 45.1 Å². The van der Waals surface area contributed by atoms with Crippen LogP contribution in [-0.2, 0) is 9.84 Å². The molecule has 1 fully saturated rings. The fourth-order valence-electron chi connectivity index (χ4n) is 1.26. The minimum absolute atomic E-state index is 0. The summed E-state index contributed by atoms with van der Waals surface area (Å²) in [6, 6.07) is 0.120. The van der Waals surface area contributed by atoms with Gasteiger partial charge in [-0.2, -0.15) is 0 Å². The van der Waals surface area contributed by atoms with Crippen molar-refractivity contribution in [3.05, 3.63) is 0 Å². The van der Waals surface area contributed by atoms with Gasteiger partial charge in [0.2, 0.25) is 0 Å². The molecule has 1 aliphatic rings. The van der Waals surface area contributed by atoms with Crippen LogP contribution in [0.5, 0.6) is 0 Å². The molecule has 0 saturated carbocycles. The van der Waals surface area contributed by atoms with Crippen molar-refractivity contribution in [3.63, 3.8) is 0 Å². The highest BCUT2D eigenvalue weighted by molar-refractivity contribution is 7.91. The van der Waals surface area contributed by atoms with Crippen molar-refractivity contribution in [2.24, 2.45) is 0 Å². The Morgan fingerprint density at radius 1 is 1.31 bits per heavy atom. The molecule has 0 radical (unpaired) electrons. The normalized spacial score (nSPS) is 25.0. The molecule has 82 valence electrons. The molecule has 1 heterocycles. The first-order valence-corrected chi connectivity index (χ1v) is 5.46. The summed E-state index contributed by atoms with van der Waals surface area (Å²) >= 11 is 0. The predicted molar refractivity (Wildman–Crippen MR) is 58.4 cm³/mol. The summed E-state index contributed by atoms with van der Waals surface area (Å²) in [7, 11) is 1.00. The van der Waals surface area contributed by atoms with E-state index in [4.69, 9.17) is 0 Å². The Morgan fingerprint density at radius 2 is 1.85 bits per heavy atom. The second kappa shape index (κ2) is 6.03. The highest BCUT2D eigenvalue weighted by Crippen LogP contribution is 2.10. The third kappa shape index (κ3) is 5.70. The van der Waals surface area contributed by atoms with Crippen LogP contribution in [0.3, 0.4) is 0 Å². The fraction of sp³-hybridized carbons (Fsp3) is 1.00. The van der Waals surface area contributed by atoms with Crippen LogP contribution >= 0.6 is 24.8 Å². The Bertz CT molecular complexity index is 231. The number of hydrogen-bond acceptors (Lipinski definition) is 4. The van der Waals surface area contributed by atoms with Crippen LogP contribution in [0.2, 0.25) is 0 Å². The minimum atomic E-state index is -2.73. The molecule has 1 aliphatic heterocycles. The number of nitrogens with one attached hydrogen (secondary N) is 1. The van der Waals surface area contributed by atoms with Crippen molar-refractivity contribution in [2.45, 2.75) is 12.5 Å². The van der Waals surface area contributed by atoms with Gasteiger partial charge in [-0.05, 0) is 6.42 Å². The van der Waals surface area contributed by atoms with Crippen LogP contribution in [0.4, 0.5) is 0 Å². The number of rotatable bonds is 2. The van der Waals surface area contributed by atoms with Crippen LogP contribution in [0, 0.1) is 0 Å². The van der Waals surface area contributed by atoms with Crippen molar-refractivity contribution >= 4 is 34.7 Å². The molecule has 0 spiro atoms. The van der Waals surface area contributed by atoms with Gasteiger partial charge in [-0.1, -0.05) is 0 Å². The van der Waals surface area contributed by atoms with Crippen molar-refractivity contribution in [3.8, 4) is 0 Å². The van der Waals surface area contributed by atoms with Gasteiger partial charge in [-0.25, -0.2) is 8.42 Å². The lowest BCUT2D eigenvalue weighted by Gasteiger charge is -2.16. The van der Waals surface area contributed by atoms with E-state index in [1.54, 1.807) is 5.01 Å².